The van der Waals surface area contributed by atoms with E-state index in [0.29, 0.717) is 6.54 Å². The van der Waals surface area contributed by atoms with Crippen molar-refractivity contribution in [3.8, 4) is 5.75 Å². The highest BCUT2D eigenvalue weighted by Crippen LogP contribution is 2.22. The molecule has 0 bridgehead atoms. The molecule has 0 aliphatic heterocycles. The van der Waals surface area contributed by atoms with Crippen LogP contribution in [0.1, 0.15) is 11.1 Å². The van der Waals surface area contributed by atoms with Gasteiger partial charge in [-0.05, 0) is 36.2 Å². The van der Waals surface area contributed by atoms with Gasteiger partial charge in [-0.3, -0.25) is 10.1 Å². The van der Waals surface area contributed by atoms with Gasteiger partial charge < -0.3 is 20.3 Å². The van der Waals surface area contributed by atoms with Crippen LogP contribution in [-0.2, 0) is 16.1 Å². The second-order valence-corrected chi connectivity index (χ2v) is 5.07. The Kier molecular flexibility index (Phi) is 7.56. The number of carboxylic acid groups (broad SMARTS) is 2. The summed E-state index contributed by atoms with van der Waals surface area (Å²) in [5.74, 6) is -2.83. The molecule has 0 saturated heterocycles. The monoisotopic (exact) mass is 362 g/mol. The molecule has 9 heteroatoms. The lowest BCUT2D eigenvalue weighted by Gasteiger charge is -2.10. The van der Waals surface area contributed by atoms with Crippen molar-refractivity contribution in [3.05, 3.63) is 63.7 Å². The van der Waals surface area contributed by atoms with Gasteiger partial charge in [0.05, 0.1) is 12.0 Å². The molecule has 2 aromatic carbocycles. The van der Waals surface area contributed by atoms with Gasteiger partial charge in [0.1, 0.15) is 5.75 Å². The van der Waals surface area contributed by atoms with Gasteiger partial charge in [-0.2, -0.15) is 0 Å². The number of rotatable bonds is 5. The van der Waals surface area contributed by atoms with Crippen molar-refractivity contribution in [1.29, 1.82) is 0 Å². The van der Waals surface area contributed by atoms with Crippen LogP contribution in [0, 0.1) is 17.0 Å². The summed E-state index contributed by atoms with van der Waals surface area (Å²) in [6.45, 7) is 2.51. The van der Waals surface area contributed by atoms with E-state index >= 15 is 0 Å². The lowest BCUT2D eigenvalue weighted by Crippen LogP contribution is -2.09. The fourth-order valence-corrected chi connectivity index (χ4v) is 1.90. The highest BCUT2D eigenvalue weighted by Gasteiger charge is 2.07. The zero-order chi connectivity index (χ0) is 19.7. The Morgan fingerprint density at radius 3 is 2.12 bits per heavy atom. The van der Waals surface area contributed by atoms with Gasteiger partial charge in [0.2, 0.25) is 0 Å². The van der Waals surface area contributed by atoms with Crippen LogP contribution in [0.3, 0.4) is 0 Å². The second-order valence-electron chi connectivity index (χ2n) is 5.07. The van der Waals surface area contributed by atoms with Gasteiger partial charge in [-0.15, -0.1) is 0 Å². The highest BCUT2D eigenvalue weighted by molar-refractivity contribution is 6.27. The predicted octanol–water partition coefficient (Wildman–Crippen LogP) is 2.68. The summed E-state index contributed by atoms with van der Waals surface area (Å²) in [5.41, 5.74) is 2.97. The number of hydrogen-bond acceptors (Lipinski definition) is 6. The van der Waals surface area contributed by atoms with Gasteiger partial charge >= 0.3 is 11.9 Å². The summed E-state index contributed by atoms with van der Waals surface area (Å²) in [6, 6.07) is 12.6. The van der Waals surface area contributed by atoms with Gasteiger partial charge in [-0.1, -0.05) is 12.1 Å². The molecule has 0 fully saturated rings. The first-order valence-electron chi connectivity index (χ1n) is 7.32. The predicted molar refractivity (Wildman–Crippen MR) is 93.4 cm³/mol. The van der Waals surface area contributed by atoms with Gasteiger partial charge in [0, 0.05) is 24.4 Å². The molecule has 3 N–H and O–H groups in total. The van der Waals surface area contributed by atoms with Crippen LogP contribution >= 0.6 is 0 Å². The standard InChI is InChI=1S/C15H16N2O3.C2H2O4/c1-11-9-13(17(18)19)5-8-15(11)16-10-12-3-6-14(20-2)7-4-12;3-1(4)2(5)6/h3-9,16H,10H2,1-2H3;(H,3,4)(H,5,6). The van der Waals surface area contributed by atoms with Gasteiger partial charge in [-0.25, -0.2) is 9.59 Å². The lowest BCUT2D eigenvalue weighted by atomic mass is 10.1. The Bertz CT molecular complexity index is 776. The number of carboxylic acids is 2. The number of anilines is 1. The first-order chi connectivity index (χ1) is 12.2. The molecule has 26 heavy (non-hydrogen) atoms. The van der Waals surface area contributed by atoms with Crippen LogP contribution in [-0.4, -0.2) is 34.2 Å². The van der Waals surface area contributed by atoms with Gasteiger partial charge in [0.15, 0.2) is 0 Å². The molecule has 0 saturated carbocycles. The Labute approximate surface area is 149 Å². The summed E-state index contributed by atoms with van der Waals surface area (Å²) in [7, 11) is 1.63. The summed E-state index contributed by atoms with van der Waals surface area (Å²) in [6.07, 6.45) is 0. The molecule has 0 spiro atoms. The van der Waals surface area contributed by atoms with E-state index in [0.717, 1.165) is 22.6 Å². The first kappa shape index (κ1) is 20.4. The molecule has 0 amide bonds. The number of nitrogens with one attached hydrogen (secondary N) is 1. The summed E-state index contributed by atoms with van der Waals surface area (Å²) in [5, 5.41) is 28.7. The number of aryl methyl sites for hydroxylation is 1. The van der Waals surface area contributed by atoms with E-state index in [9.17, 15) is 10.1 Å². The molecule has 0 aromatic heterocycles. The summed E-state index contributed by atoms with van der Waals surface area (Å²) < 4.78 is 5.10. The molecule has 0 aliphatic carbocycles. The van der Waals surface area contributed by atoms with E-state index in [-0.39, 0.29) is 10.6 Å². The van der Waals surface area contributed by atoms with Crippen LogP contribution in [0.5, 0.6) is 5.75 Å². The average Bonchev–Trinajstić information content (AvgIpc) is 2.61. The van der Waals surface area contributed by atoms with Crippen LogP contribution in [0.4, 0.5) is 11.4 Å². The quantitative estimate of drug-likeness (QED) is 0.419. The molecule has 0 atom stereocenters. The largest absolute Gasteiger partial charge is 0.497 e. The van der Waals surface area contributed by atoms with Crippen LogP contribution < -0.4 is 10.1 Å². The van der Waals surface area contributed by atoms with Crippen molar-refractivity contribution in [2.75, 3.05) is 12.4 Å². The van der Waals surface area contributed by atoms with Crippen LogP contribution in [0.25, 0.3) is 0 Å². The van der Waals surface area contributed by atoms with Crippen molar-refractivity contribution < 1.29 is 29.5 Å². The molecule has 2 aromatic rings. The number of methoxy groups -OCH3 is 1. The maximum atomic E-state index is 10.7. The number of nitro groups is 1. The summed E-state index contributed by atoms with van der Waals surface area (Å²) >= 11 is 0. The first-order valence-corrected chi connectivity index (χ1v) is 7.32. The summed E-state index contributed by atoms with van der Waals surface area (Å²) in [4.78, 5) is 28.5. The van der Waals surface area contributed by atoms with E-state index in [2.05, 4.69) is 5.32 Å². The highest BCUT2D eigenvalue weighted by atomic mass is 16.6. The minimum atomic E-state index is -1.82. The Morgan fingerprint density at radius 2 is 1.69 bits per heavy atom. The van der Waals surface area contributed by atoms with Crippen molar-refractivity contribution in [2.24, 2.45) is 0 Å². The molecular weight excluding hydrogens is 344 g/mol. The minimum absolute atomic E-state index is 0.109. The molecule has 0 aliphatic rings. The van der Waals surface area contributed by atoms with E-state index in [1.807, 2.05) is 31.2 Å². The molecular formula is C17H18N2O7. The van der Waals surface area contributed by atoms with Gasteiger partial charge in [0.25, 0.3) is 5.69 Å². The maximum Gasteiger partial charge on any atom is 0.414 e. The second kappa shape index (κ2) is 9.62. The van der Waals surface area contributed by atoms with E-state index < -0.39 is 11.9 Å². The normalized spacial score (nSPS) is 9.46. The third-order valence-electron chi connectivity index (χ3n) is 3.25. The topological polar surface area (TPSA) is 139 Å². The number of nitro benzene ring substituents is 1. The number of hydrogen-bond donors (Lipinski definition) is 3. The van der Waals surface area contributed by atoms with Crippen molar-refractivity contribution in [3.63, 3.8) is 0 Å². The zero-order valence-electron chi connectivity index (χ0n) is 14.1. The minimum Gasteiger partial charge on any atom is -0.497 e. The number of carbonyl (C=O) groups is 2. The number of nitrogens with zero attached hydrogens (tertiary/aromatic N) is 1. The molecule has 0 heterocycles. The van der Waals surface area contributed by atoms with Crippen LogP contribution in [0.15, 0.2) is 42.5 Å². The van der Waals surface area contributed by atoms with Crippen molar-refractivity contribution in [1.82, 2.24) is 0 Å². The molecule has 9 nitrogen and oxygen atoms in total. The third kappa shape index (κ3) is 6.48. The van der Waals surface area contributed by atoms with E-state index in [1.54, 1.807) is 19.2 Å². The smallest absolute Gasteiger partial charge is 0.414 e. The average molecular weight is 362 g/mol. The Morgan fingerprint density at radius 1 is 1.12 bits per heavy atom. The zero-order valence-corrected chi connectivity index (χ0v) is 14.1. The van der Waals surface area contributed by atoms with Crippen molar-refractivity contribution >= 4 is 23.3 Å². The van der Waals surface area contributed by atoms with Crippen molar-refractivity contribution in [2.45, 2.75) is 13.5 Å². The maximum absolute atomic E-state index is 10.7. The number of benzene rings is 2. The fourth-order valence-electron chi connectivity index (χ4n) is 1.90. The third-order valence-corrected chi connectivity index (χ3v) is 3.25. The Hall–Kier alpha value is -3.62. The van der Waals surface area contributed by atoms with E-state index in [4.69, 9.17) is 24.5 Å². The molecule has 0 unspecified atom stereocenters. The fraction of sp³-hybridized carbons (Fsp3) is 0.176. The number of ether oxygens (including phenoxy) is 1. The number of non-ortho nitro benzene ring substituents is 1. The Balaban J connectivity index is 0.000000487. The molecule has 138 valence electrons. The van der Waals surface area contributed by atoms with Crippen LogP contribution in [0.2, 0.25) is 0 Å². The SMILES string of the molecule is COc1ccc(CNc2ccc([N+](=O)[O-])cc2C)cc1.O=C(O)C(=O)O. The molecule has 0 radical (unpaired) electrons. The molecule has 2 rings (SSSR count). The lowest BCUT2D eigenvalue weighted by molar-refractivity contribution is -0.384. The van der Waals surface area contributed by atoms with E-state index in [1.165, 1.54) is 6.07 Å². The number of aliphatic carboxylic acids is 2.